The molecule has 0 aliphatic rings. The fraction of sp³-hybridized carbons (Fsp3) is 0. The molecule has 10 aromatic carbocycles. The number of rotatable bonds is 6. The van der Waals surface area contributed by atoms with Crippen LogP contribution in [0.5, 0.6) is 0 Å². The molecule has 4 heteroatoms. The van der Waals surface area contributed by atoms with Gasteiger partial charge in [-0.05, 0) is 101 Å². The molecule has 3 aromatic heterocycles. The number of para-hydroxylation sites is 3. The molecular formula is C58H37N3S. The maximum Gasteiger partial charge on any atom is 0.0640 e. The van der Waals surface area contributed by atoms with Gasteiger partial charge in [0.25, 0.3) is 0 Å². The van der Waals surface area contributed by atoms with Gasteiger partial charge in [-0.25, -0.2) is 0 Å². The molecule has 0 aliphatic heterocycles. The van der Waals surface area contributed by atoms with Crippen LogP contribution in [0.25, 0.3) is 97.1 Å². The quantitative estimate of drug-likeness (QED) is 0.163. The van der Waals surface area contributed by atoms with Gasteiger partial charge >= 0.3 is 0 Å². The third-order valence-corrected chi connectivity index (χ3v) is 13.9. The molecule has 0 saturated heterocycles. The molecule has 3 heterocycles. The van der Waals surface area contributed by atoms with E-state index in [4.69, 9.17) is 0 Å². The average molecular weight is 808 g/mol. The molecule has 0 aliphatic carbocycles. The van der Waals surface area contributed by atoms with Crippen molar-refractivity contribution in [1.82, 2.24) is 9.13 Å². The van der Waals surface area contributed by atoms with Crippen LogP contribution in [-0.2, 0) is 0 Å². The molecular weight excluding hydrogens is 771 g/mol. The topological polar surface area (TPSA) is 13.1 Å². The van der Waals surface area contributed by atoms with Gasteiger partial charge in [0.15, 0.2) is 0 Å². The van der Waals surface area contributed by atoms with E-state index in [0.29, 0.717) is 0 Å². The van der Waals surface area contributed by atoms with Crippen molar-refractivity contribution in [3.63, 3.8) is 0 Å². The Morgan fingerprint density at radius 3 is 1.61 bits per heavy atom. The Bertz CT molecular complexity index is 3850. The van der Waals surface area contributed by atoms with Crippen LogP contribution in [0.1, 0.15) is 0 Å². The van der Waals surface area contributed by atoms with Crippen molar-refractivity contribution in [2.24, 2.45) is 0 Å². The highest BCUT2D eigenvalue weighted by molar-refractivity contribution is 7.26. The van der Waals surface area contributed by atoms with Crippen molar-refractivity contribution in [3.05, 3.63) is 224 Å². The van der Waals surface area contributed by atoms with Gasteiger partial charge in [-0.3, -0.25) is 0 Å². The van der Waals surface area contributed by atoms with E-state index in [1.807, 2.05) is 11.3 Å². The number of anilines is 3. The number of nitrogens with zero attached hydrogens (tertiary/aromatic N) is 3. The summed E-state index contributed by atoms with van der Waals surface area (Å²) in [7, 11) is 0. The summed E-state index contributed by atoms with van der Waals surface area (Å²) < 4.78 is 7.38. The molecule has 0 N–H and O–H groups in total. The monoisotopic (exact) mass is 807 g/mol. The Morgan fingerprint density at radius 1 is 0.323 bits per heavy atom. The molecule has 0 unspecified atom stereocenters. The third-order valence-electron chi connectivity index (χ3n) is 12.7. The first-order valence-corrected chi connectivity index (χ1v) is 22.0. The summed E-state index contributed by atoms with van der Waals surface area (Å²) in [6.45, 7) is 0. The Labute approximate surface area is 362 Å². The zero-order valence-corrected chi connectivity index (χ0v) is 34.4. The maximum absolute atomic E-state index is 2.49. The van der Waals surface area contributed by atoms with E-state index in [0.717, 1.165) is 22.7 Å². The van der Waals surface area contributed by atoms with Crippen molar-refractivity contribution in [3.8, 4) is 22.5 Å². The zero-order valence-electron chi connectivity index (χ0n) is 33.6. The van der Waals surface area contributed by atoms with Crippen LogP contribution in [0.4, 0.5) is 17.1 Å². The van der Waals surface area contributed by atoms with Gasteiger partial charge in [-0.2, -0.15) is 0 Å². The molecule has 0 spiro atoms. The summed E-state index contributed by atoms with van der Waals surface area (Å²) in [5.41, 5.74) is 12.9. The van der Waals surface area contributed by atoms with Gasteiger partial charge in [0.1, 0.15) is 0 Å². The largest absolute Gasteiger partial charge is 0.309 e. The average Bonchev–Trinajstić information content (AvgIpc) is 4.01. The number of thiophene rings is 1. The minimum Gasteiger partial charge on any atom is -0.309 e. The Morgan fingerprint density at radius 2 is 0.855 bits per heavy atom. The lowest BCUT2D eigenvalue weighted by atomic mass is 10.0. The Hall–Kier alpha value is -7.92. The fourth-order valence-corrected chi connectivity index (χ4v) is 11.2. The molecule has 0 amide bonds. The van der Waals surface area contributed by atoms with Crippen LogP contribution in [0.3, 0.4) is 0 Å². The minimum atomic E-state index is 1.11. The Kier molecular flexibility index (Phi) is 7.78. The van der Waals surface area contributed by atoms with Crippen LogP contribution in [0, 0.1) is 0 Å². The number of hydrogen-bond acceptors (Lipinski definition) is 2. The van der Waals surface area contributed by atoms with Gasteiger partial charge in [0.2, 0.25) is 0 Å². The van der Waals surface area contributed by atoms with E-state index in [1.165, 1.54) is 91.4 Å². The highest BCUT2D eigenvalue weighted by Crippen LogP contribution is 2.48. The van der Waals surface area contributed by atoms with Crippen molar-refractivity contribution in [1.29, 1.82) is 0 Å². The second kappa shape index (κ2) is 13.8. The molecule has 0 radical (unpaired) electrons. The SMILES string of the molecule is c1ccc(-n2c3ccccc3c3c(N(c4ccc(-c5ccc(-n6c7ccccc7c7c8ccccc8ccc76)cc5)cc4)c4cccc5c4sc4ccccc45)cccc32)cc1. The second-order valence-corrected chi connectivity index (χ2v) is 17.1. The summed E-state index contributed by atoms with van der Waals surface area (Å²) in [6, 6.07) is 82.1. The molecule has 290 valence electrons. The number of aromatic nitrogens is 2. The highest BCUT2D eigenvalue weighted by Gasteiger charge is 2.23. The van der Waals surface area contributed by atoms with Gasteiger partial charge in [-0.15, -0.1) is 11.3 Å². The molecule has 3 nitrogen and oxygen atoms in total. The van der Waals surface area contributed by atoms with E-state index in [2.05, 4.69) is 238 Å². The maximum atomic E-state index is 2.49. The number of fused-ring (bicyclic) bond motifs is 11. The van der Waals surface area contributed by atoms with E-state index < -0.39 is 0 Å². The van der Waals surface area contributed by atoms with E-state index in [-0.39, 0.29) is 0 Å². The number of hydrogen-bond donors (Lipinski definition) is 0. The van der Waals surface area contributed by atoms with Crippen molar-refractivity contribution in [2.45, 2.75) is 0 Å². The Balaban J connectivity index is 0.965. The first-order chi connectivity index (χ1) is 30.8. The van der Waals surface area contributed by atoms with Crippen LogP contribution < -0.4 is 4.90 Å². The van der Waals surface area contributed by atoms with Crippen molar-refractivity contribution in [2.75, 3.05) is 4.90 Å². The predicted molar refractivity (Wildman–Crippen MR) is 266 cm³/mol. The lowest BCUT2D eigenvalue weighted by Gasteiger charge is -2.27. The first-order valence-electron chi connectivity index (χ1n) is 21.2. The molecule has 0 saturated carbocycles. The molecule has 13 rings (SSSR count). The van der Waals surface area contributed by atoms with Gasteiger partial charge in [-0.1, -0.05) is 146 Å². The second-order valence-electron chi connectivity index (χ2n) is 16.1. The van der Waals surface area contributed by atoms with Crippen molar-refractivity contribution < 1.29 is 0 Å². The molecule has 0 bridgehead atoms. The van der Waals surface area contributed by atoms with Gasteiger partial charge in [0, 0.05) is 54.1 Å². The lowest BCUT2D eigenvalue weighted by Crippen LogP contribution is -2.10. The van der Waals surface area contributed by atoms with Crippen LogP contribution >= 0.6 is 11.3 Å². The summed E-state index contributed by atoms with van der Waals surface area (Å²) >= 11 is 1.87. The summed E-state index contributed by atoms with van der Waals surface area (Å²) in [4.78, 5) is 2.49. The smallest absolute Gasteiger partial charge is 0.0640 e. The highest BCUT2D eigenvalue weighted by atomic mass is 32.1. The van der Waals surface area contributed by atoms with E-state index in [1.54, 1.807) is 0 Å². The summed E-state index contributed by atoms with van der Waals surface area (Å²) in [5, 5.41) is 10.1. The summed E-state index contributed by atoms with van der Waals surface area (Å²) in [5.74, 6) is 0. The van der Waals surface area contributed by atoms with Crippen LogP contribution in [0.15, 0.2) is 224 Å². The first kappa shape index (κ1) is 34.9. The van der Waals surface area contributed by atoms with Crippen molar-refractivity contribution >= 4 is 103 Å². The normalized spacial score (nSPS) is 11.9. The lowest BCUT2D eigenvalue weighted by molar-refractivity contribution is 1.18. The molecule has 0 fully saturated rings. The molecule has 0 atom stereocenters. The standard InChI is InChI=1S/C58H37N3S/c1-2-15-41(16-3-1)59-50-23-10-7-20-48(50)57-51(59)24-13-25-52(57)61(54-26-12-21-46-45-18-8-11-27-55(45)62-58(46)54)43-35-30-39(31-36-43)38-28-33-42(34-29-38)60-49-22-9-6-19-47(49)56-44-17-5-4-14-40(44)32-37-53(56)60/h1-37H. The van der Waals surface area contributed by atoms with E-state index >= 15 is 0 Å². The van der Waals surface area contributed by atoms with Gasteiger partial charge in [0.05, 0.1) is 38.1 Å². The van der Waals surface area contributed by atoms with Gasteiger partial charge < -0.3 is 14.0 Å². The van der Waals surface area contributed by atoms with Crippen LogP contribution in [-0.4, -0.2) is 9.13 Å². The zero-order chi connectivity index (χ0) is 40.7. The summed E-state index contributed by atoms with van der Waals surface area (Å²) in [6.07, 6.45) is 0. The predicted octanol–water partition coefficient (Wildman–Crippen LogP) is 16.5. The molecule has 62 heavy (non-hydrogen) atoms. The van der Waals surface area contributed by atoms with E-state index in [9.17, 15) is 0 Å². The fourth-order valence-electron chi connectivity index (χ4n) is 9.98. The number of benzene rings is 10. The minimum absolute atomic E-state index is 1.11. The molecule has 13 aromatic rings. The van der Waals surface area contributed by atoms with Crippen LogP contribution in [0.2, 0.25) is 0 Å². The third kappa shape index (κ3) is 5.24.